The van der Waals surface area contributed by atoms with Gasteiger partial charge in [0.2, 0.25) is 0 Å². The molecular weight excluding hydrogens is 216 g/mol. The van der Waals surface area contributed by atoms with Crippen molar-refractivity contribution < 1.29 is 0 Å². The maximum atomic E-state index is 5.62. The first kappa shape index (κ1) is 11.3. The molecule has 2 aromatic rings. The van der Waals surface area contributed by atoms with E-state index in [1.165, 1.54) is 16.8 Å². The Morgan fingerprint density at radius 3 is 2.75 bits per heavy atom. The average Bonchev–Trinajstić information content (AvgIpc) is 2.73. The van der Waals surface area contributed by atoms with Crippen molar-refractivity contribution in [3.8, 4) is 0 Å². The number of nitrogens with zero attached hydrogens (tertiary/aromatic N) is 1. The number of hydrogen-bond acceptors (Lipinski definition) is 3. The third-order valence-electron chi connectivity index (χ3n) is 2.56. The van der Waals surface area contributed by atoms with Crippen LogP contribution in [0.25, 0.3) is 0 Å². The highest BCUT2D eigenvalue weighted by molar-refractivity contribution is 7.09. The molecule has 0 radical (unpaired) electrons. The topological polar surface area (TPSA) is 38.9 Å². The van der Waals surface area contributed by atoms with E-state index in [1.54, 1.807) is 11.3 Å². The molecule has 1 heterocycles. The standard InChI is InChI=1S/C13H16N2S/c1-10-15-13(9-16-10)6-5-11-3-2-4-12(7-11)8-14/h2-4,7,9H,5-6,8,14H2,1H3. The zero-order chi connectivity index (χ0) is 11.4. The summed E-state index contributed by atoms with van der Waals surface area (Å²) in [5, 5.41) is 3.29. The van der Waals surface area contributed by atoms with E-state index in [1.807, 2.05) is 6.92 Å². The minimum atomic E-state index is 0.615. The van der Waals surface area contributed by atoms with Gasteiger partial charge in [-0.15, -0.1) is 11.3 Å². The van der Waals surface area contributed by atoms with Crippen molar-refractivity contribution >= 4 is 11.3 Å². The molecule has 0 aliphatic rings. The number of benzene rings is 1. The predicted molar refractivity (Wildman–Crippen MR) is 68.6 cm³/mol. The first-order valence-corrected chi connectivity index (χ1v) is 6.35. The van der Waals surface area contributed by atoms with Gasteiger partial charge in [-0.1, -0.05) is 24.3 Å². The normalized spacial score (nSPS) is 10.6. The molecule has 2 rings (SSSR count). The summed E-state index contributed by atoms with van der Waals surface area (Å²) in [7, 11) is 0. The maximum Gasteiger partial charge on any atom is 0.0897 e. The lowest BCUT2D eigenvalue weighted by Crippen LogP contribution is -1.98. The third-order valence-corrected chi connectivity index (χ3v) is 3.39. The molecule has 0 saturated heterocycles. The molecule has 1 aromatic heterocycles. The van der Waals surface area contributed by atoms with Crippen LogP contribution < -0.4 is 5.73 Å². The van der Waals surface area contributed by atoms with E-state index in [0.717, 1.165) is 17.8 Å². The van der Waals surface area contributed by atoms with Crippen LogP contribution in [0.5, 0.6) is 0 Å². The van der Waals surface area contributed by atoms with Gasteiger partial charge in [-0.25, -0.2) is 4.98 Å². The largest absolute Gasteiger partial charge is 0.326 e. The smallest absolute Gasteiger partial charge is 0.0897 e. The molecule has 0 fully saturated rings. The van der Waals surface area contributed by atoms with Crippen LogP contribution in [0.15, 0.2) is 29.6 Å². The van der Waals surface area contributed by atoms with Gasteiger partial charge in [0.15, 0.2) is 0 Å². The van der Waals surface area contributed by atoms with Crippen LogP contribution in [-0.4, -0.2) is 4.98 Å². The summed E-state index contributed by atoms with van der Waals surface area (Å²) < 4.78 is 0. The fourth-order valence-corrected chi connectivity index (χ4v) is 2.35. The molecule has 0 bridgehead atoms. The Hall–Kier alpha value is -1.19. The summed E-state index contributed by atoms with van der Waals surface area (Å²) in [6.07, 6.45) is 2.05. The minimum absolute atomic E-state index is 0.615. The average molecular weight is 232 g/mol. The van der Waals surface area contributed by atoms with Crippen LogP contribution in [0, 0.1) is 6.92 Å². The predicted octanol–water partition coefficient (Wildman–Crippen LogP) is 2.70. The Balaban J connectivity index is 1.99. The van der Waals surface area contributed by atoms with Gasteiger partial charge >= 0.3 is 0 Å². The first-order chi connectivity index (χ1) is 7.78. The lowest BCUT2D eigenvalue weighted by molar-refractivity contribution is 0.914. The van der Waals surface area contributed by atoms with Gasteiger partial charge in [-0.2, -0.15) is 0 Å². The van der Waals surface area contributed by atoms with Crippen LogP contribution in [0.3, 0.4) is 0 Å². The number of thiazole rings is 1. The van der Waals surface area contributed by atoms with Crippen LogP contribution in [0.1, 0.15) is 21.8 Å². The van der Waals surface area contributed by atoms with Crippen molar-refractivity contribution in [2.24, 2.45) is 5.73 Å². The molecule has 2 nitrogen and oxygen atoms in total. The van der Waals surface area contributed by atoms with E-state index in [0.29, 0.717) is 6.54 Å². The van der Waals surface area contributed by atoms with Crippen LogP contribution >= 0.6 is 11.3 Å². The molecule has 0 amide bonds. The van der Waals surface area contributed by atoms with Crippen LogP contribution in [0.4, 0.5) is 0 Å². The van der Waals surface area contributed by atoms with Crippen molar-refractivity contribution in [3.63, 3.8) is 0 Å². The molecule has 0 saturated carbocycles. The second-order valence-corrected chi connectivity index (χ2v) is 4.94. The molecule has 2 N–H and O–H groups in total. The van der Waals surface area contributed by atoms with Crippen molar-refractivity contribution in [3.05, 3.63) is 51.5 Å². The molecule has 16 heavy (non-hydrogen) atoms. The van der Waals surface area contributed by atoms with E-state index < -0.39 is 0 Å². The maximum absolute atomic E-state index is 5.62. The SMILES string of the molecule is Cc1nc(CCc2cccc(CN)c2)cs1. The fourth-order valence-electron chi connectivity index (χ4n) is 1.71. The number of aryl methyl sites for hydroxylation is 3. The van der Waals surface area contributed by atoms with Crippen LogP contribution in [0.2, 0.25) is 0 Å². The van der Waals surface area contributed by atoms with Crippen molar-refractivity contribution in [2.75, 3.05) is 0 Å². The van der Waals surface area contributed by atoms with Crippen molar-refractivity contribution in [2.45, 2.75) is 26.3 Å². The van der Waals surface area contributed by atoms with Gasteiger partial charge in [0.05, 0.1) is 10.7 Å². The highest BCUT2D eigenvalue weighted by Gasteiger charge is 2.00. The molecule has 1 aromatic carbocycles. The Morgan fingerprint density at radius 2 is 2.06 bits per heavy atom. The lowest BCUT2D eigenvalue weighted by atomic mass is 10.1. The minimum Gasteiger partial charge on any atom is -0.326 e. The summed E-state index contributed by atoms with van der Waals surface area (Å²) in [6, 6.07) is 8.47. The Morgan fingerprint density at radius 1 is 1.25 bits per heavy atom. The molecule has 0 unspecified atom stereocenters. The van der Waals surface area contributed by atoms with Gasteiger partial charge in [0, 0.05) is 11.9 Å². The quantitative estimate of drug-likeness (QED) is 0.880. The van der Waals surface area contributed by atoms with Gasteiger partial charge in [-0.3, -0.25) is 0 Å². The van der Waals surface area contributed by atoms with E-state index in [-0.39, 0.29) is 0 Å². The van der Waals surface area contributed by atoms with Gasteiger partial charge in [0.1, 0.15) is 0 Å². The molecule has 0 spiro atoms. The first-order valence-electron chi connectivity index (χ1n) is 5.47. The van der Waals surface area contributed by atoms with E-state index in [9.17, 15) is 0 Å². The number of rotatable bonds is 4. The Kier molecular flexibility index (Phi) is 3.70. The summed E-state index contributed by atoms with van der Waals surface area (Å²) >= 11 is 1.72. The highest BCUT2D eigenvalue weighted by Crippen LogP contribution is 2.12. The zero-order valence-corrected chi connectivity index (χ0v) is 10.3. The molecular formula is C13H16N2S. The third kappa shape index (κ3) is 2.90. The Bertz CT molecular complexity index is 462. The zero-order valence-electron chi connectivity index (χ0n) is 9.44. The van der Waals surface area contributed by atoms with Gasteiger partial charge in [-0.05, 0) is 30.9 Å². The van der Waals surface area contributed by atoms with Crippen molar-refractivity contribution in [1.82, 2.24) is 4.98 Å². The lowest BCUT2D eigenvalue weighted by Gasteiger charge is -2.02. The molecule has 0 aliphatic carbocycles. The monoisotopic (exact) mass is 232 g/mol. The summed E-state index contributed by atoms with van der Waals surface area (Å²) in [6.45, 7) is 2.66. The number of aromatic nitrogens is 1. The van der Waals surface area contributed by atoms with E-state index in [4.69, 9.17) is 5.73 Å². The highest BCUT2D eigenvalue weighted by atomic mass is 32.1. The number of nitrogens with two attached hydrogens (primary N) is 1. The van der Waals surface area contributed by atoms with Crippen LogP contribution in [-0.2, 0) is 19.4 Å². The summed E-state index contributed by atoms with van der Waals surface area (Å²) in [5.74, 6) is 0. The summed E-state index contributed by atoms with van der Waals surface area (Å²) in [4.78, 5) is 4.46. The molecule has 3 heteroatoms. The molecule has 84 valence electrons. The van der Waals surface area contributed by atoms with E-state index >= 15 is 0 Å². The van der Waals surface area contributed by atoms with Crippen molar-refractivity contribution in [1.29, 1.82) is 0 Å². The van der Waals surface area contributed by atoms with Gasteiger partial charge < -0.3 is 5.73 Å². The fraction of sp³-hybridized carbons (Fsp3) is 0.308. The van der Waals surface area contributed by atoms with Gasteiger partial charge in [0.25, 0.3) is 0 Å². The second-order valence-electron chi connectivity index (χ2n) is 3.88. The second kappa shape index (κ2) is 5.23. The Labute approximate surface area is 100 Å². The molecule has 0 aliphatic heterocycles. The number of hydrogen-bond donors (Lipinski definition) is 1. The van der Waals surface area contributed by atoms with E-state index in [2.05, 4.69) is 34.6 Å². The summed E-state index contributed by atoms with van der Waals surface area (Å²) in [5.41, 5.74) is 9.36. The molecule has 0 atom stereocenters.